The van der Waals surface area contributed by atoms with Gasteiger partial charge in [-0.25, -0.2) is 0 Å². The van der Waals surface area contributed by atoms with Crippen molar-refractivity contribution in [2.45, 2.75) is 18.8 Å². The normalized spacial score (nSPS) is 11.4. The first kappa shape index (κ1) is 20.5. The van der Waals surface area contributed by atoms with Gasteiger partial charge in [-0.2, -0.15) is 0 Å². The number of halogens is 1. The lowest BCUT2D eigenvalue weighted by molar-refractivity contribution is -0.138. The topological polar surface area (TPSA) is 95.5 Å². The molecule has 0 saturated heterocycles. The number of rotatable bonds is 9. The number of carboxylic acids is 1. The molecular formula is C20H21ClN2O4. The van der Waals surface area contributed by atoms with Crippen LogP contribution in [0.15, 0.2) is 54.6 Å². The van der Waals surface area contributed by atoms with Crippen LogP contribution in [0.5, 0.6) is 0 Å². The molecule has 0 fully saturated rings. The van der Waals surface area contributed by atoms with Crippen LogP contribution in [0.25, 0.3) is 0 Å². The van der Waals surface area contributed by atoms with Crippen molar-refractivity contribution in [3.8, 4) is 0 Å². The Balaban J connectivity index is 1.70. The molecule has 0 aliphatic carbocycles. The highest BCUT2D eigenvalue weighted by molar-refractivity contribution is 6.30. The summed E-state index contributed by atoms with van der Waals surface area (Å²) in [4.78, 5) is 35.2. The molecule has 0 aromatic heterocycles. The minimum absolute atomic E-state index is 0.0231. The molecule has 7 heteroatoms. The first-order valence-corrected chi connectivity index (χ1v) is 8.93. The fourth-order valence-corrected chi connectivity index (χ4v) is 2.62. The minimum Gasteiger partial charge on any atom is -0.481 e. The predicted molar refractivity (Wildman–Crippen MR) is 103 cm³/mol. The van der Waals surface area contributed by atoms with Crippen LogP contribution in [-0.4, -0.2) is 36.0 Å². The molecule has 0 spiro atoms. The molecule has 27 heavy (non-hydrogen) atoms. The third kappa shape index (κ3) is 6.75. The summed E-state index contributed by atoms with van der Waals surface area (Å²) in [5.74, 6) is -2.27. The van der Waals surface area contributed by atoms with E-state index in [1.54, 1.807) is 54.6 Å². The predicted octanol–water partition coefficient (Wildman–Crippen LogP) is 2.83. The maximum Gasteiger partial charge on any atom is 0.312 e. The molecule has 2 rings (SSSR count). The first-order chi connectivity index (χ1) is 13.0. The van der Waals surface area contributed by atoms with Crippen LogP contribution in [0.1, 0.15) is 34.7 Å². The van der Waals surface area contributed by atoms with E-state index in [1.165, 1.54) is 0 Å². The largest absolute Gasteiger partial charge is 0.481 e. The molecule has 6 nitrogen and oxygen atoms in total. The maximum atomic E-state index is 11.9. The lowest BCUT2D eigenvalue weighted by Gasteiger charge is -2.14. The number of carbonyl (C=O) groups excluding carboxylic acids is 2. The van der Waals surface area contributed by atoms with E-state index < -0.39 is 11.9 Å². The SMILES string of the molecule is O=C(CCCNC(=O)c1ccc(Cl)cc1)NCC(C(=O)O)c1ccccc1. The van der Waals surface area contributed by atoms with Crippen LogP contribution in [0.4, 0.5) is 0 Å². The smallest absolute Gasteiger partial charge is 0.312 e. The Morgan fingerprint density at radius 2 is 1.63 bits per heavy atom. The molecule has 0 heterocycles. The summed E-state index contributed by atoms with van der Waals surface area (Å²) in [6.07, 6.45) is 0.649. The molecule has 1 unspecified atom stereocenters. The van der Waals surface area contributed by atoms with E-state index in [2.05, 4.69) is 10.6 Å². The number of carbonyl (C=O) groups is 3. The molecule has 2 amide bonds. The van der Waals surface area contributed by atoms with Gasteiger partial charge in [0, 0.05) is 30.1 Å². The molecule has 0 saturated carbocycles. The zero-order valence-corrected chi connectivity index (χ0v) is 15.4. The van der Waals surface area contributed by atoms with Crippen molar-refractivity contribution in [2.75, 3.05) is 13.1 Å². The molecule has 2 aromatic rings. The van der Waals surface area contributed by atoms with Crippen LogP contribution in [-0.2, 0) is 9.59 Å². The summed E-state index contributed by atoms with van der Waals surface area (Å²) in [6.45, 7) is 0.366. The zero-order chi connectivity index (χ0) is 19.6. The average Bonchev–Trinajstić information content (AvgIpc) is 2.66. The van der Waals surface area contributed by atoms with E-state index in [9.17, 15) is 19.5 Å². The molecule has 0 radical (unpaired) electrons. The van der Waals surface area contributed by atoms with Crippen molar-refractivity contribution < 1.29 is 19.5 Å². The van der Waals surface area contributed by atoms with E-state index in [4.69, 9.17) is 11.6 Å². The number of aliphatic carboxylic acids is 1. The fourth-order valence-electron chi connectivity index (χ4n) is 2.49. The Bertz CT molecular complexity index is 778. The average molecular weight is 389 g/mol. The Morgan fingerprint density at radius 1 is 0.963 bits per heavy atom. The van der Waals surface area contributed by atoms with Gasteiger partial charge in [0.1, 0.15) is 0 Å². The van der Waals surface area contributed by atoms with E-state index in [-0.39, 0.29) is 24.8 Å². The van der Waals surface area contributed by atoms with Gasteiger partial charge in [0.05, 0.1) is 5.92 Å². The molecule has 1 atom stereocenters. The van der Waals surface area contributed by atoms with Crippen molar-refractivity contribution in [1.82, 2.24) is 10.6 Å². The van der Waals surface area contributed by atoms with Gasteiger partial charge in [0.25, 0.3) is 5.91 Å². The molecule has 0 aliphatic rings. The third-order valence-electron chi connectivity index (χ3n) is 3.98. The van der Waals surface area contributed by atoms with Crippen molar-refractivity contribution in [3.05, 3.63) is 70.7 Å². The number of nitrogens with one attached hydrogen (secondary N) is 2. The van der Waals surface area contributed by atoms with Crippen molar-refractivity contribution in [1.29, 1.82) is 0 Å². The Hall–Kier alpha value is -2.86. The zero-order valence-electron chi connectivity index (χ0n) is 14.7. The number of hydrogen-bond acceptors (Lipinski definition) is 3. The van der Waals surface area contributed by atoms with Crippen molar-refractivity contribution in [2.24, 2.45) is 0 Å². The van der Waals surface area contributed by atoms with Gasteiger partial charge < -0.3 is 15.7 Å². The summed E-state index contributed by atoms with van der Waals surface area (Å²) in [6, 6.07) is 15.3. The highest BCUT2D eigenvalue weighted by Crippen LogP contribution is 2.14. The molecule has 0 bridgehead atoms. The summed E-state index contributed by atoms with van der Waals surface area (Å²) < 4.78 is 0. The molecular weight excluding hydrogens is 368 g/mol. The summed E-state index contributed by atoms with van der Waals surface area (Å²) in [7, 11) is 0. The number of hydrogen-bond donors (Lipinski definition) is 3. The third-order valence-corrected chi connectivity index (χ3v) is 4.23. The van der Waals surface area contributed by atoms with E-state index >= 15 is 0 Å². The van der Waals surface area contributed by atoms with Crippen LogP contribution >= 0.6 is 11.6 Å². The van der Waals surface area contributed by atoms with E-state index in [0.717, 1.165) is 0 Å². The fraction of sp³-hybridized carbons (Fsp3) is 0.250. The molecule has 142 valence electrons. The van der Waals surface area contributed by atoms with Gasteiger partial charge in [-0.3, -0.25) is 14.4 Å². The highest BCUT2D eigenvalue weighted by Gasteiger charge is 2.20. The summed E-state index contributed by atoms with van der Waals surface area (Å²) in [5, 5.41) is 15.3. The summed E-state index contributed by atoms with van der Waals surface area (Å²) >= 11 is 5.78. The van der Waals surface area contributed by atoms with Crippen LogP contribution in [0, 0.1) is 0 Å². The number of benzene rings is 2. The van der Waals surface area contributed by atoms with Gasteiger partial charge in [-0.1, -0.05) is 41.9 Å². The Kier molecular flexibility index (Phi) is 7.82. The van der Waals surface area contributed by atoms with Gasteiger partial charge in [0.15, 0.2) is 0 Å². The van der Waals surface area contributed by atoms with E-state index in [1.807, 2.05) is 0 Å². The Morgan fingerprint density at radius 3 is 2.26 bits per heavy atom. The van der Waals surface area contributed by atoms with Crippen LogP contribution in [0.2, 0.25) is 5.02 Å². The van der Waals surface area contributed by atoms with Gasteiger partial charge in [-0.15, -0.1) is 0 Å². The molecule has 0 aliphatic heterocycles. The van der Waals surface area contributed by atoms with Crippen molar-refractivity contribution >= 4 is 29.4 Å². The number of carboxylic acid groups (broad SMARTS) is 1. The summed E-state index contributed by atoms with van der Waals surface area (Å²) in [5.41, 5.74) is 1.14. The van der Waals surface area contributed by atoms with Crippen LogP contribution in [0.3, 0.4) is 0 Å². The van der Waals surface area contributed by atoms with Gasteiger partial charge in [-0.05, 0) is 36.2 Å². The molecule has 2 aromatic carbocycles. The number of amides is 2. The van der Waals surface area contributed by atoms with E-state index in [0.29, 0.717) is 29.1 Å². The molecule has 3 N–H and O–H groups in total. The van der Waals surface area contributed by atoms with Crippen LogP contribution < -0.4 is 10.6 Å². The second-order valence-corrected chi connectivity index (χ2v) is 6.41. The quantitative estimate of drug-likeness (QED) is 0.575. The lowest BCUT2D eigenvalue weighted by Crippen LogP contribution is -2.32. The first-order valence-electron chi connectivity index (χ1n) is 8.55. The van der Waals surface area contributed by atoms with Gasteiger partial charge >= 0.3 is 5.97 Å². The second kappa shape index (κ2) is 10.3. The second-order valence-electron chi connectivity index (χ2n) is 5.97. The monoisotopic (exact) mass is 388 g/mol. The Labute approximate surface area is 162 Å². The maximum absolute atomic E-state index is 11.9. The van der Waals surface area contributed by atoms with Crippen molar-refractivity contribution in [3.63, 3.8) is 0 Å². The highest BCUT2D eigenvalue weighted by atomic mass is 35.5. The standard InChI is InChI=1S/C20H21ClN2O4/c21-16-10-8-15(9-11-16)19(25)22-12-4-7-18(24)23-13-17(20(26)27)14-5-2-1-3-6-14/h1-3,5-6,8-11,17H,4,7,12-13H2,(H,22,25)(H,23,24)(H,26,27). The minimum atomic E-state index is -0.989. The lowest BCUT2D eigenvalue weighted by atomic mass is 9.99. The van der Waals surface area contributed by atoms with Gasteiger partial charge in [0.2, 0.25) is 5.91 Å².